The van der Waals surface area contributed by atoms with E-state index in [9.17, 15) is 0 Å². The molecule has 0 fully saturated rings. The first-order valence-corrected chi connectivity index (χ1v) is 6.03. The van der Waals surface area contributed by atoms with E-state index in [4.69, 9.17) is 5.11 Å². The average molecular weight is 225 g/mol. The molecule has 0 radical (unpaired) electrons. The lowest BCUT2D eigenvalue weighted by Crippen LogP contribution is -2.31. The fraction of sp³-hybridized carbons (Fsp3) is 0.750. The molecule has 0 aromatic carbocycles. The molecule has 0 spiro atoms. The molecule has 4 nitrogen and oxygen atoms in total. The summed E-state index contributed by atoms with van der Waals surface area (Å²) in [6, 6.07) is 0.497. The van der Waals surface area contributed by atoms with Gasteiger partial charge in [0.1, 0.15) is 0 Å². The van der Waals surface area contributed by atoms with Gasteiger partial charge in [0.05, 0.1) is 6.20 Å². The maximum absolute atomic E-state index is 8.86. The Kier molecular flexibility index (Phi) is 5.49. The maximum atomic E-state index is 8.86. The lowest BCUT2D eigenvalue weighted by Gasteiger charge is -2.25. The van der Waals surface area contributed by atoms with Gasteiger partial charge in [-0.25, -0.2) is 0 Å². The average Bonchev–Trinajstić information content (AvgIpc) is 2.71. The Labute approximate surface area is 97.9 Å². The molecule has 1 rings (SSSR count). The molecule has 0 atom stereocenters. The third-order valence-electron chi connectivity index (χ3n) is 2.73. The molecular weight excluding hydrogens is 202 g/mol. The van der Waals surface area contributed by atoms with Crippen molar-refractivity contribution in [3.05, 3.63) is 18.0 Å². The molecule has 0 aliphatic rings. The Bertz CT molecular complexity index is 296. The fourth-order valence-corrected chi connectivity index (χ4v) is 1.69. The lowest BCUT2D eigenvalue weighted by atomic mass is 10.2. The third kappa shape index (κ3) is 3.94. The molecule has 1 aromatic rings. The molecule has 92 valence electrons. The van der Waals surface area contributed by atoms with Gasteiger partial charge in [0.15, 0.2) is 0 Å². The Balaban J connectivity index is 2.53. The van der Waals surface area contributed by atoms with Crippen LogP contribution in [0.25, 0.3) is 0 Å². The molecule has 4 heteroatoms. The van der Waals surface area contributed by atoms with Crippen LogP contribution in [-0.2, 0) is 13.1 Å². The molecule has 0 saturated carbocycles. The molecule has 1 N–H and O–H groups in total. The molecule has 1 heterocycles. The SMILES string of the molecule is CCn1cc(CN(CCCO)C(C)C)cn1. The van der Waals surface area contributed by atoms with Crippen molar-refractivity contribution in [2.45, 2.75) is 46.3 Å². The normalized spacial score (nSPS) is 11.6. The van der Waals surface area contributed by atoms with Gasteiger partial charge in [0.25, 0.3) is 0 Å². The summed E-state index contributed by atoms with van der Waals surface area (Å²) in [6.45, 7) is 9.48. The first-order chi connectivity index (χ1) is 7.67. The van der Waals surface area contributed by atoms with Gasteiger partial charge in [-0.1, -0.05) is 0 Å². The van der Waals surface area contributed by atoms with Crippen LogP contribution in [0.15, 0.2) is 12.4 Å². The standard InChI is InChI=1S/C12H23N3O/c1-4-15-10-12(8-13-15)9-14(11(2)3)6-5-7-16/h8,10-11,16H,4-7,9H2,1-3H3. The molecule has 0 aliphatic carbocycles. The Morgan fingerprint density at radius 1 is 1.50 bits per heavy atom. The van der Waals surface area contributed by atoms with Crippen molar-refractivity contribution in [2.75, 3.05) is 13.2 Å². The fourth-order valence-electron chi connectivity index (χ4n) is 1.69. The maximum Gasteiger partial charge on any atom is 0.0534 e. The monoisotopic (exact) mass is 225 g/mol. The van der Waals surface area contributed by atoms with Crippen LogP contribution in [0.1, 0.15) is 32.8 Å². The Morgan fingerprint density at radius 2 is 2.25 bits per heavy atom. The minimum atomic E-state index is 0.261. The molecule has 0 unspecified atom stereocenters. The second kappa shape index (κ2) is 6.66. The van der Waals surface area contributed by atoms with E-state index in [2.05, 4.69) is 37.0 Å². The second-order valence-electron chi connectivity index (χ2n) is 4.35. The van der Waals surface area contributed by atoms with Crippen molar-refractivity contribution in [1.29, 1.82) is 0 Å². The zero-order valence-electron chi connectivity index (χ0n) is 10.6. The molecule has 0 saturated heterocycles. The van der Waals surface area contributed by atoms with Gasteiger partial charge < -0.3 is 5.11 Å². The first kappa shape index (κ1) is 13.2. The van der Waals surface area contributed by atoms with Crippen molar-refractivity contribution in [2.24, 2.45) is 0 Å². The molecule has 0 aliphatic heterocycles. The number of hydrogen-bond donors (Lipinski definition) is 1. The zero-order valence-corrected chi connectivity index (χ0v) is 10.6. The van der Waals surface area contributed by atoms with Gasteiger partial charge in [-0.3, -0.25) is 9.58 Å². The largest absolute Gasteiger partial charge is 0.396 e. The summed E-state index contributed by atoms with van der Waals surface area (Å²) >= 11 is 0. The number of hydrogen-bond acceptors (Lipinski definition) is 3. The summed E-state index contributed by atoms with van der Waals surface area (Å²) in [7, 11) is 0. The highest BCUT2D eigenvalue weighted by Gasteiger charge is 2.10. The minimum Gasteiger partial charge on any atom is -0.396 e. The summed E-state index contributed by atoms with van der Waals surface area (Å²) in [5.41, 5.74) is 1.24. The summed E-state index contributed by atoms with van der Waals surface area (Å²) in [4.78, 5) is 2.35. The first-order valence-electron chi connectivity index (χ1n) is 6.03. The number of aryl methyl sites for hydroxylation is 1. The van der Waals surface area contributed by atoms with Crippen molar-refractivity contribution in [1.82, 2.24) is 14.7 Å². The molecule has 1 aromatic heterocycles. The van der Waals surface area contributed by atoms with Crippen LogP contribution in [0.2, 0.25) is 0 Å². The Morgan fingerprint density at radius 3 is 2.75 bits per heavy atom. The highest BCUT2D eigenvalue weighted by molar-refractivity contribution is 5.03. The highest BCUT2D eigenvalue weighted by atomic mass is 16.3. The predicted molar refractivity (Wildman–Crippen MR) is 65.1 cm³/mol. The van der Waals surface area contributed by atoms with Gasteiger partial charge in [0, 0.05) is 44.0 Å². The van der Waals surface area contributed by atoms with E-state index in [-0.39, 0.29) is 6.61 Å². The van der Waals surface area contributed by atoms with Crippen LogP contribution >= 0.6 is 0 Å². The van der Waals surface area contributed by atoms with Crippen molar-refractivity contribution in [3.63, 3.8) is 0 Å². The summed E-state index contributed by atoms with van der Waals surface area (Å²) in [5, 5.41) is 13.1. The van der Waals surface area contributed by atoms with E-state index < -0.39 is 0 Å². The number of aromatic nitrogens is 2. The topological polar surface area (TPSA) is 41.3 Å². The van der Waals surface area contributed by atoms with E-state index in [1.165, 1.54) is 5.56 Å². The van der Waals surface area contributed by atoms with Gasteiger partial charge in [-0.2, -0.15) is 5.10 Å². The highest BCUT2D eigenvalue weighted by Crippen LogP contribution is 2.08. The number of aliphatic hydroxyl groups is 1. The predicted octanol–water partition coefficient (Wildman–Crippen LogP) is 1.50. The summed E-state index contributed by atoms with van der Waals surface area (Å²) in [5.74, 6) is 0. The van der Waals surface area contributed by atoms with Crippen LogP contribution < -0.4 is 0 Å². The summed E-state index contributed by atoms with van der Waals surface area (Å²) < 4.78 is 1.94. The number of aliphatic hydroxyl groups excluding tert-OH is 1. The van der Waals surface area contributed by atoms with Crippen LogP contribution in [0.3, 0.4) is 0 Å². The van der Waals surface area contributed by atoms with Crippen LogP contribution in [-0.4, -0.2) is 39.0 Å². The van der Waals surface area contributed by atoms with Crippen molar-refractivity contribution >= 4 is 0 Å². The third-order valence-corrected chi connectivity index (χ3v) is 2.73. The van der Waals surface area contributed by atoms with Crippen molar-refractivity contribution in [3.8, 4) is 0 Å². The van der Waals surface area contributed by atoms with E-state index in [0.29, 0.717) is 6.04 Å². The van der Waals surface area contributed by atoms with Gasteiger partial charge in [-0.05, 0) is 27.2 Å². The summed E-state index contributed by atoms with van der Waals surface area (Å²) in [6.07, 6.45) is 4.85. The van der Waals surface area contributed by atoms with Gasteiger partial charge in [0.2, 0.25) is 0 Å². The second-order valence-corrected chi connectivity index (χ2v) is 4.35. The minimum absolute atomic E-state index is 0.261. The van der Waals surface area contributed by atoms with Crippen molar-refractivity contribution < 1.29 is 5.11 Å². The quantitative estimate of drug-likeness (QED) is 0.764. The smallest absolute Gasteiger partial charge is 0.0534 e. The molecule has 16 heavy (non-hydrogen) atoms. The van der Waals surface area contributed by atoms with E-state index >= 15 is 0 Å². The van der Waals surface area contributed by atoms with E-state index in [0.717, 1.165) is 26.1 Å². The van der Waals surface area contributed by atoms with Gasteiger partial charge >= 0.3 is 0 Å². The molecule has 0 bridgehead atoms. The van der Waals surface area contributed by atoms with Crippen LogP contribution in [0.5, 0.6) is 0 Å². The zero-order chi connectivity index (χ0) is 12.0. The molecular formula is C12H23N3O. The molecule has 0 amide bonds. The van der Waals surface area contributed by atoms with Gasteiger partial charge in [-0.15, -0.1) is 0 Å². The number of rotatable bonds is 7. The van der Waals surface area contributed by atoms with Crippen LogP contribution in [0, 0.1) is 0 Å². The Hall–Kier alpha value is -0.870. The van der Waals surface area contributed by atoms with Crippen LogP contribution in [0.4, 0.5) is 0 Å². The van der Waals surface area contributed by atoms with E-state index in [1.54, 1.807) is 0 Å². The van der Waals surface area contributed by atoms with E-state index in [1.807, 2.05) is 10.9 Å². The number of nitrogens with zero attached hydrogens (tertiary/aromatic N) is 3. The lowest BCUT2D eigenvalue weighted by molar-refractivity contribution is 0.185.